The zero-order valence-corrected chi connectivity index (χ0v) is 8.41. The quantitative estimate of drug-likeness (QED) is 0.759. The number of carbonyl (C=O) groups excluding carboxylic acids is 1. The molecule has 0 aliphatic carbocycles. The van der Waals surface area contributed by atoms with Crippen molar-refractivity contribution in [1.82, 2.24) is 5.32 Å². The van der Waals surface area contributed by atoms with Crippen molar-refractivity contribution in [3.63, 3.8) is 0 Å². The number of furan rings is 1. The van der Waals surface area contributed by atoms with E-state index in [4.69, 9.17) is 9.52 Å². The maximum Gasteiger partial charge on any atom is 0.254 e. The van der Waals surface area contributed by atoms with Crippen LogP contribution in [0.4, 0.5) is 0 Å². The molecular formula is C10H15NO3. The van der Waals surface area contributed by atoms with Gasteiger partial charge in [-0.25, -0.2) is 0 Å². The highest BCUT2D eigenvalue weighted by molar-refractivity contribution is 5.93. The predicted molar refractivity (Wildman–Crippen MR) is 52.1 cm³/mol. The van der Waals surface area contributed by atoms with Crippen LogP contribution < -0.4 is 5.32 Å². The minimum atomic E-state index is -0.388. The molecule has 0 fully saturated rings. The fourth-order valence-electron chi connectivity index (χ4n) is 1.06. The zero-order valence-electron chi connectivity index (χ0n) is 8.41. The van der Waals surface area contributed by atoms with Crippen molar-refractivity contribution in [3.05, 3.63) is 23.7 Å². The Morgan fingerprint density at radius 2 is 2.43 bits per heavy atom. The summed E-state index contributed by atoms with van der Waals surface area (Å²) in [6, 6.07) is 1.68. The van der Waals surface area contributed by atoms with Gasteiger partial charge in [0, 0.05) is 6.54 Å². The van der Waals surface area contributed by atoms with Crippen LogP contribution in [0.15, 0.2) is 16.7 Å². The van der Waals surface area contributed by atoms with Gasteiger partial charge in [-0.05, 0) is 26.3 Å². The predicted octanol–water partition coefficient (Wildman–Crippen LogP) is 1.09. The molecule has 1 heterocycles. The molecule has 4 nitrogen and oxygen atoms in total. The van der Waals surface area contributed by atoms with E-state index in [9.17, 15) is 4.79 Å². The van der Waals surface area contributed by atoms with E-state index in [0.29, 0.717) is 24.3 Å². The number of amides is 1. The van der Waals surface area contributed by atoms with Crippen molar-refractivity contribution >= 4 is 5.91 Å². The third-order valence-electron chi connectivity index (χ3n) is 1.84. The van der Waals surface area contributed by atoms with Gasteiger partial charge in [0.25, 0.3) is 5.91 Å². The first-order chi connectivity index (χ1) is 6.59. The summed E-state index contributed by atoms with van der Waals surface area (Å²) in [6.45, 7) is 3.95. The summed E-state index contributed by atoms with van der Waals surface area (Å²) in [5.41, 5.74) is 0.521. The van der Waals surface area contributed by atoms with Crippen LogP contribution in [-0.4, -0.2) is 23.7 Å². The maximum atomic E-state index is 11.4. The van der Waals surface area contributed by atoms with Crippen LogP contribution in [0.3, 0.4) is 0 Å². The third-order valence-corrected chi connectivity index (χ3v) is 1.84. The fourth-order valence-corrected chi connectivity index (χ4v) is 1.06. The lowest BCUT2D eigenvalue weighted by Gasteiger charge is -2.04. The van der Waals surface area contributed by atoms with Gasteiger partial charge >= 0.3 is 0 Å². The minimum Gasteiger partial charge on any atom is -0.469 e. The average Bonchev–Trinajstić information content (AvgIpc) is 2.51. The van der Waals surface area contributed by atoms with E-state index in [1.807, 2.05) is 0 Å². The molecule has 0 aliphatic rings. The van der Waals surface area contributed by atoms with E-state index in [-0.39, 0.29) is 12.0 Å². The van der Waals surface area contributed by atoms with Gasteiger partial charge in [-0.2, -0.15) is 0 Å². The molecule has 0 aliphatic heterocycles. The van der Waals surface area contributed by atoms with Crippen molar-refractivity contribution in [2.45, 2.75) is 26.4 Å². The number of hydrogen-bond donors (Lipinski definition) is 2. The van der Waals surface area contributed by atoms with Crippen LogP contribution in [0.5, 0.6) is 0 Å². The number of aryl methyl sites for hydroxylation is 1. The second kappa shape index (κ2) is 4.81. The smallest absolute Gasteiger partial charge is 0.254 e. The largest absolute Gasteiger partial charge is 0.469 e. The molecule has 1 aromatic rings. The second-order valence-corrected chi connectivity index (χ2v) is 3.34. The molecule has 0 saturated heterocycles. The summed E-state index contributed by atoms with van der Waals surface area (Å²) in [5.74, 6) is 0.549. The van der Waals surface area contributed by atoms with E-state index in [0.717, 1.165) is 0 Å². The molecule has 0 bridgehead atoms. The molecule has 1 atom stereocenters. The summed E-state index contributed by atoms with van der Waals surface area (Å²) < 4.78 is 5.00. The van der Waals surface area contributed by atoms with Gasteiger partial charge in [-0.1, -0.05) is 0 Å². The van der Waals surface area contributed by atoms with Crippen LogP contribution in [0.25, 0.3) is 0 Å². The first kappa shape index (κ1) is 10.8. The molecule has 1 rings (SSSR count). The molecular weight excluding hydrogens is 182 g/mol. The summed E-state index contributed by atoms with van der Waals surface area (Å²) in [5, 5.41) is 11.7. The summed E-state index contributed by atoms with van der Waals surface area (Å²) in [6.07, 6.45) is 1.59. The highest BCUT2D eigenvalue weighted by Crippen LogP contribution is 2.05. The number of rotatable bonds is 4. The van der Waals surface area contributed by atoms with Gasteiger partial charge in [0.05, 0.1) is 11.7 Å². The average molecular weight is 197 g/mol. The molecule has 4 heteroatoms. The number of aliphatic hydroxyl groups excluding tert-OH is 1. The molecule has 0 aromatic carbocycles. The van der Waals surface area contributed by atoms with Gasteiger partial charge in [-0.3, -0.25) is 4.79 Å². The Bertz CT molecular complexity index is 304. The topological polar surface area (TPSA) is 62.5 Å². The van der Waals surface area contributed by atoms with Crippen molar-refractivity contribution in [1.29, 1.82) is 0 Å². The summed E-state index contributed by atoms with van der Waals surface area (Å²) >= 11 is 0. The molecule has 0 radical (unpaired) electrons. The first-order valence-corrected chi connectivity index (χ1v) is 4.61. The summed E-state index contributed by atoms with van der Waals surface area (Å²) in [4.78, 5) is 11.4. The van der Waals surface area contributed by atoms with Crippen LogP contribution >= 0.6 is 0 Å². The molecule has 14 heavy (non-hydrogen) atoms. The molecule has 1 unspecified atom stereocenters. The molecule has 78 valence electrons. The van der Waals surface area contributed by atoms with Gasteiger partial charge in [0.2, 0.25) is 0 Å². The number of hydrogen-bond acceptors (Lipinski definition) is 3. The van der Waals surface area contributed by atoms with Crippen molar-refractivity contribution in [3.8, 4) is 0 Å². The lowest BCUT2D eigenvalue weighted by Crippen LogP contribution is -2.26. The lowest BCUT2D eigenvalue weighted by molar-refractivity contribution is 0.0945. The molecule has 1 aromatic heterocycles. The van der Waals surface area contributed by atoms with E-state index in [1.165, 1.54) is 6.26 Å². The minimum absolute atomic E-state index is 0.164. The lowest BCUT2D eigenvalue weighted by atomic mass is 10.2. The first-order valence-electron chi connectivity index (χ1n) is 4.61. The Hall–Kier alpha value is -1.29. The number of aliphatic hydroxyl groups is 1. The Balaban J connectivity index is 2.36. The maximum absolute atomic E-state index is 11.4. The van der Waals surface area contributed by atoms with Crippen LogP contribution in [0.2, 0.25) is 0 Å². The molecule has 0 saturated carbocycles. The fraction of sp³-hybridized carbons (Fsp3) is 0.500. The van der Waals surface area contributed by atoms with E-state index in [1.54, 1.807) is 19.9 Å². The standard InChI is InChI=1S/C10H15NO3/c1-7(12)3-4-11-10(13)9-5-8(2)14-6-9/h5-7,12H,3-4H2,1-2H3,(H,11,13). The van der Waals surface area contributed by atoms with Crippen molar-refractivity contribution < 1.29 is 14.3 Å². The Labute approximate surface area is 82.9 Å². The molecule has 1 amide bonds. The van der Waals surface area contributed by atoms with Crippen LogP contribution in [0, 0.1) is 6.92 Å². The van der Waals surface area contributed by atoms with Gasteiger partial charge in [0.15, 0.2) is 0 Å². The monoisotopic (exact) mass is 197 g/mol. The summed E-state index contributed by atoms with van der Waals surface area (Å²) in [7, 11) is 0. The molecule has 0 spiro atoms. The van der Waals surface area contributed by atoms with Gasteiger partial charge in [-0.15, -0.1) is 0 Å². The second-order valence-electron chi connectivity index (χ2n) is 3.34. The van der Waals surface area contributed by atoms with E-state index in [2.05, 4.69) is 5.32 Å². The van der Waals surface area contributed by atoms with Crippen molar-refractivity contribution in [2.75, 3.05) is 6.54 Å². The van der Waals surface area contributed by atoms with Crippen molar-refractivity contribution in [2.24, 2.45) is 0 Å². The van der Waals surface area contributed by atoms with Gasteiger partial charge < -0.3 is 14.8 Å². The van der Waals surface area contributed by atoms with E-state index < -0.39 is 0 Å². The van der Waals surface area contributed by atoms with Crippen LogP contribution in [0.1, 0.15) is 29.5 Å². The normalized spacial score (nSPS) is 12.5. The van der Waals surface area contributed by atoms with Crippen LogP contribution in [-0.2, 0) is 0 Å². The number of nitrogens with one attached hydrogen (secondary N) is 1. The van der Waals surface area contributed by atoms with E-state index >= 15 is 0 Å². The Morgan fingerprint density at radius 1 is 1.71 bits per heavy atom. The highest BCUT2D eigenvalue weighted by atomic mass is 16.3. The SMILES string of the molecule is Cc1cc(C(=O)NCCC(C)O)co1. The molecule has 2 N–H and O–H groups in total. The third kappa shape index (κ3) is 3.22. The zero-order chi connectivity index (χ0) is 10.6. The Kier molecular flexibility index (Phi) is 3.71. The highest BCUT2D eigenvalue weighted by Gasteiger charge is 2.07. The van der Waals surface area contributed by atoms with Gasteiger partial charge in [0.1, 0.15) is 12.0 Å². The number of carbonyl (C=O) groups is 1. The Morgan fingerprint density at radius 3 is 2.93 bits per heavy atom.